The van der Waals surface area contributed by atoms with Crippen LogP contribution in [-0.2, 0) is 0 Å². The Labute approximate surface area is 363 Å². The van der Waals surface area contributed by atoms with Crippen LogP contribution in [0.15, 0.2) is 199 Å². The summed E-state index contributed by atoms with van der Waals surface area (Å²) in [5, 5.41) is 13.9. The normalized spacial score (nSPS) is 12.1. The average Bonchev–Trinajstić information content (AvgIpc) is 4.02. The summed E-state index contributed by atoms with van der Waals surface area (Å²) in [7, 11) is 0. The molecule has 5 nitrogen and oxygen atoms in total. The van der Waals surface area contributed by atoms with Crippen molar-refractivity contribution < 1.29 is 4.42 Å². The Hall–Kier alpha value is -8.19. The second-order valence-electron chi connectivity index (χ2n) is 16.3. The second kappa shape index (κ2) is 13.2. The van der Waals surface area contributed by atoms with Gasteiger partial charge in [0.25, 0.3) is 0 Å². The summed E-state index contributed by atoms with van der Waals surface area (Å²) < 4.78 is 11.6. The van der Waals surface area contributed by atoms with Crippen LogP contribution in [0.4, 0.5) is 0 Å². The van der Waals surface area contributed by atoms with Crippen LogP contribution >= 0.6 is 11.3 Å². The fraction of sp³-hybridized carbons (Fsp3) is 0. The van der Waals surface area contributed by atoms with E-state index >= 15 is 0 Å². The Morgan fingerprint density at radius 1 is 0.381 bits per heavy atom. The van der Waals surface area contributed by atoms with Gasteiger partial charge in [0.2, 0.25) is 0 Å². The fourth-order valence-corrected chi connectivity index (χ4v) is 11.1. The van der Waals surface area contributed by atoms with Crippen molar-refractivity contribution in [2.24, 2.45) is 0 Å². The standard InChI is InChI=1S/C57H32N4OS/c1-2-14-34(15-3-1)55-58-56(43-21-12-24-51-53(43)42-20-9-11-23-50(42)63-51)60-57(59-55)46-32-49-52(41-19-8-10-22-48(41)62-49)45-31-37(26-28-39(45)46)61-47-30-36-17-5-4-16-35(36)29-44(47)40-27-25-33-13-6-7-18-38(33)54(40)61/h1-32H. The highest BCUT2D eigenvalue weighted by Gasteiger charge is 2.23. The summed E-state index contributed by atoms with van der Waals surface area (Å²) in [4.78, 5) is 15.9. The maximum absolute atomic E-state index is 6.75. The topological polar surface area (TPSA) is 56.7 Å². The predicted molar refractivity (Wildman–Crippen MR) is 263 cm³/mol. The number of hydrogen-bond acceptors (Lipinski definition) is 5. The third-order valence-corrected chi connectivity index (χ3v) is 13.9. The molecule has 4 heterocycles. The van der Waals surface area contributed by atoms with Gasteiger partial charge < -0.3 is 8.98 Å². The first-order valence-electron chi connectivity index (χ1n) is 21.2. The van der Waals surface area contributed by atoms with Crippen molar-refractivity contribution in [3.05, 3.63) is 194 Å². The summed E-state index contributed by atoms with van der Waals surface area (Å²) in [5.41, 5.74) is 7.81. The summed E-state index contributed by atoms with van der Waals surface area (Å²) in [6.07, 6.45) is 0. The SMILES string of the molecule is c1ccc(-c2nc(-c3cc4oc5ccccc5c4c4cc(-n5c6cc7ccccc7cc6c6ccc7ccccc7c65)ccc34)nc(-c3cccc4sc5ccccc5c34)n2)cc1. The molecule has 0 radical (unpaired) electrons. The molecule has 0 aliphatic rings. The largest absolute Gasteiger partial charge is 0.456 e. The lowest BCUT2D eigenvalue weighted by Crippen LogP contribution is -2.01. The van der Waals surface area contributed by atoms with Gasteiger partial charge in [-0.05, 0) is 75.5 Å². The Morgan fingerprint density at radius 3 is 1.94 bits per heavy atom. The predicted octanol–water partition coefficient (Wildman–Crippen LogP) is 15.7. The van der Waals surface area contributed by atoms with Gasteiger partial charge in [-0.25, -0.2) is 15.0 Å². The molecule has 0 atom stereocenters. The Bertz CT molecular complexity index is 4220. The van der Waals surface area contributed by atoms with Crippen molar-refractivity contribution in [2.45, 2.75) is 0 Å². The number of fused-ring (bicyclic) bond motifs is 14. The zero-order valence-electron chi connectivity index (χ0n) is 33.6. The Balaban J connectivity index is 1.09. The van der Waals surface area contributed by atoms with Gasteiger partial charge in [-0.2, -0.15) is 0 Å². The average molecular weight is 821 g/mol. The van der Waals surface area contributed by atoms with Crippen molar-refractivity contribution in [3.8, 4) is 39.9 Å². The number of nitrogens with zero attached hydrogens (tertiary/aromatic N) is 4. The quantitative estimate of drug-likeness (QED) is 0.177. The molecule has 14 rings (SSSR count). The first-order valence-corrected chi connectivity index (χ1v) is 22.0. The van der Waals surface area contributed by atoms with E-state index < -0.39 is 0 Å². The van der Waals surface area contributed by atoms with E-state index in [2.05, 4.69) is 174 Å². The molecule has 0 aliphatic heterocycles. The minimum Gasteiger partial charge on any atom is -0.456 e. The zero-order valence-corrected chi connectivity index (χ0v) is 34.4. The second-order valence-corrected chi connectivity index (χ2v) is 17.4. The van der Waals surface area contributed by atoms with Gasteiger partial charge in [0.15, 0.2) is 17.5 Å². The van der Waals surface area contributed by atoms with Crippen molar-refractivity contribution in [2.75, 3.05) is 0 Å². The number of para-hydroxylation sites is 1. The minimum atomic E-state index is 0.588. The van der Waals surface area contributed by atoms with E-state index in [9.17, 15) is 0 Å². The minimum absolute atomic E-state index is 0.588. The molecule has 0 aliphatic carbocycles. The van der Waals surface area contributed by atoms with E-state index in [4.69, 9.17) is 19.4 Å². The highest BCUT2D eigenvalue weighted by atomic mass is 32.1. The molecule has 0 N–H and O–H groups in total. The van der Waals surface area contributed by atoms with Crippen LogP contribution in [0.1, 0.15) is 0 Å². The first kappa shape index (κ1) is 34.5. The molecule has 0 unspecified atom stereocenters. The molecule has 6 heteroatoms. The Morgan fingerprint density at radius 2 is 1.06 bits per heavy atom. The van der Waals surface area contributed by atoms with Gasteiger partial charge in [-0.15, -0.1) is 11.3 Å². The summed E-state index contributed by atoms with van der Waals surface area (Å²) in [6, 6.07) is 69.1. The molecular formula is C57H32N4OS. The summed E-state index contributed by atoms with van der Waals surface area (Å²) in [6.45, 7) is 0. The fourth-order valence-electron chi connectivity index (χ4n) is 9.98. The molecule has 0 spiro atoms. The van der Waals surface area contributed by atoms with Gasteiger partial charge in [0.05, 0.1) is 11.0 Å². The van der Waals surface area contributed by atoms with E-state index in [1.807, 2.05) is 24.3 Å². The first-order chi connectivity index (χ1) is 31.2. The number of rotatable bonds is 4. The maximum Gasteiger partial charge on any atom is 0.164 e. The van der Waals surface area contributed by atoms with E-state index in [1.54, 1.807) is 11.3 Å². The van der Waals surface area contributed by atoms with Crippen LogP contribution in [0.2, 0.25) is 0 Å². The van der Waals surface area contributed by atoms with Gasteiger partial charge in [-0.3, -0.25) is 0 Å². The number of aromatic nitrogens is 4. The van der Waals surface area contributed by atoms with Gasteiger partial charge in [0, 0.05) is 69.5 Å². The highest BCUT2D eigenvalue weighted by Crippen LogP contribution is 2.44. The van der Waals surface area contributed by atoms with E-state index in [1.165, 1.54) is 52.6 Å². The third-order valence-electron chi connectivity index (χ3n) is 12.8. The van der Waals surface area contributed by atoms with Crippen LogP contribution in [-0.4, -0.2) is 19.5 Å². The van der Waals surface area contributed by atoms with E-state index in [0.717, 1.165) is 66.0 Å². The van der Waals surface area contributed by atoms with Gasteiger partial charge >= 0.3 is 0 Å². The number of thiophene rings is 1. The number of benzene rings is 10. The highest BCUT2D eigenvalue weighted by molar-refractivity contribution is 7.25. The number of hydrogen-bond donors (Lipinski definition) is 0. The molecule has 0 bridgehead atoms. The van der Waals surface area contributed by atoms with Crippen molar-refractivity contribution in [1.29, 1.82) is 0 Å². The molecular weight excluding hydrogens is 789 g/mol. The zero-order chi connectivity index (χ0) is 41.2. The lowest BCUT2D eigenvalue weighted by atomic mass is 9.97. The van der Waals surface area contributed by atoms with Crippen LogP contribution in [0, 0.1) is 0 Å². The van der Waals surface area contributed by atoms with Gasteiger partial charge in [0.1, 0.15) is 11.2 Å². The van der Waals surface area contributed by atoms with E-state index in [0.29, 0.717) is 17.5 Å². The van der Waals surface area contributed by atoms with Crippen LogP contribution < -0.4 is 0 Å². The third kappa shape index (κ3) is 5.13. The van der Waals surface area contributed by atoms with Crippen LogP contribution in [0.3, 0.4) is 0 Å². The molecule has 4 aromatic heterocycles. The summed E-state index contributed by atoms with van der Waals surface area (Å²) >= 11 is 1.79. The molecule has 63 heavy (non-hydrogen) atoms. The van der Waals surface area contributed by atoms with Crippen molar-refractivity contribution in [3.63, 3.8) is 0 Å². The van der Waals surface area contributed by atoms with Crippen molar-refractivity contribution in [1.82, 2.24) is 19.5 Å². The lowest BCUT2D eigenvalue weighted by molar-refractivity contribution is 0.669. The molecule has 292 valence electrons. The molecule has 0 saturated carbocycles. The molecule has 10 aromatic carbocycles. The molecule has 0 amide bonds. The summed E-state index contributed by atoms with van der Waals surface area (Å²) in [5.74, 6) is 1.84. The van der Waals surface area contributed by atoms with E-state index in [-0.39, 0.29) is 0 Å². The molecule has 0 fully saturated rings. The van der Waals surface area contributed by atoms with Crippen molar-refractivity contribution >= 4 is 108 Å². The van der Waals surface area contributed by atoms with Crippen LogP contribution in [0.5, 0.6) is 0 Å². The van der Waals surface area contributed by atoms with Gasteiger partial charge in [-0.1, -0.05) is 146 Å². The Kier molecular flexibility index (Phi) is 7.21. The smallest absolute Gasteiger partial charge is 0.164 e. The number of furan rings is 1. The monoisotopic (exact) mass is 820 g/mol. The van der Waals surface area contributed by atoms with Crippen LogP contribution in [0.25, 0.3) is 136 Å². The maximum atomic E-state index is 6.75. The molecule has 0 saturated heterocycles. The lowest BCUT2D eigenvalue weighted by Gasteiger charge is -2.14. The molecule has 14 aromatic rings.